The van der Waals surface area contributed by atoms with Crippen molar-refractivity contribution in [2.45, 2.75) is 0 Å². The number of nitrogens with zero attached hydrogens (tertiary/aromatic N) is 1. The molecule has 1 N–H and O–H groups in total. The minimum atomic E-state index is -0.669. The SMILES string of the molecule is O=C(O)C1CN(I)C1. The summed E-state index contributed by atoms with van der Waals surface area (Å²) < 4.78 is 1.95. The molecule has 0 aliphatic carbocycles. The van der Waals surface area contributed by atoms with Gasteiger partial charge >= 0.3 is 5.97 Å². The molecule has 1 rings (SSSR count). The van der Waals surface area contributed by atoms with Gasteiger partial charge in [-0.2, -0.15) is 0 Å². The summed E-state index contributed by atoms with van der Waals surface area (Å²) in [5, 5.41) is 8.32. The van der Waals surface area contributed by atoms with Gasteiger partial charge in [0.05, 0.1) is 5.92 Å². The van der Waals surface area contributed by atoms with Crippen molar-refractivity contribution in [2.24, 2.45) is 5.92 Å². The molecule has 46 valence electrons. The predicted molar refractivity (Wildman–Crippen MR) is 36.7 cm³/mol. The van der Waals surface area contributed by atoms with E-state index in [1.165, 1.54) is 0 Å². The summed E-state index contributed by atoms with van der Waals surface area (Å²) in [6, 6.07) is 0. The van der Waals surface area contributed by atoms with Crippen LogP contribution in [-0.4, -0.2) is 27.3 Å². The smallest absolute Gasteiger partial charge is 0.309 e. The largest absolute Gasteiger partial charge is 0.481 e. The Morgan fingerprint density at radius 2 is 2.25 bits per heavy atom. The highest BCUT2D eigenvalue weighted by molar-refractivity contribution is 14.1. The predicted octanol–water partition coefficient (Wildman–Crippen LogP) is 0.353. The molecule has 1 aliphatic rings. The maximum absolute atomic E-state index is 10.1. The van der Waals surface area contributed by atoms with Crippen LogP contribution in [0.4, 0.5) is 0 Å². The van der Waals surface area contributed by atoms with Crippen molar-refractivity contribution < 1.29 is 9.90 Å². The van der Waals surface area contributed by atoms with Crippen molar-refractivity contribution in [1.29, 1.82) is 0 Å². The van der Waals surface area contributed by atoms with Gasteiger partial charge in [-0.3, -0.25) is 4.79 Å². The van der Waals surface area contributed by atoms with Crippen LogP contribution in [0.5, 0.6) is 0 Å². The molecule has 1 saturated heterocycles. The Balaban J connectivity index is 2.25. The summed E-state index contributed by atoms with van der Waals surface area (Å²) in [4.78, 5) is 10.1. The van der Waals surface area contributed by atoms with Gasteiger partial charge in [0.2, 0.25) is 0 Å². The lowest BCUT2D eigenvalue weighted by molar-refractivity contribution is -0.144. The lowest BCUT2D eigenvalue weighted by Crippen LogP contribution is -2.44. The molecule has 0 aromatic carbocycles. The second-order valence-corrected chi connectivity index (χ2v) is 3.23. The number of carbonyl (C=O) groups is 1. The molecule has 0 saturated carbocycles. The highest BCUT2D eigenvalue weighted by Crippen LogP contribution is 2.18. The van der Waals surface area contributed by atoms with Gasteiger partial charge in [-0.1, -0.05) is 0 Å². The lowest BCUT2D eigenvalue weighted by atomic mass is 10.1. The molecule has 0 unspecified atom stereocenters. The first-order valence-corrected chi connectivity index (χ1v) is 3.30. The maximum atomic E-state index is 10.1. The molecule has 4 heteroatoms. The van der Waals surface area contributed by atoms with E-state index in [0.717, 1.165) is 0 Å². The Labute approximate surface area is 61.2 Å². The van der Waals surface area contributed by atoms with Crippen LogP contribution in [0.15, 0.2) is 0 Å². The van der Waals surface area contributed by atoms with Crippen LogP contribution in [0.3, 0.4) is 0 Å². The van der Waals surface area contributed by atoms with Gasteiger partial charge in [-0.05, 0) is 0 Å². The third-order valence-electron chi connectivity index (χ3n) is 1.19. The van der Waals surface area contributed by atoms with Crippen molar-refractivity contribution in [3.63, 3.8) is 0 Å². The quantitative estimate of drug-likeness (QED) is 0.519. The van der Waals surface area contributed by atoms with Crippen LogP contribution in [0.1, 0.15) is 0 Å². The van der Waals surface area contributed by atoms with Crippen LogP contribution in [0.25, 0.3) is 0 Å². The molecule has 8 heavy (non-hydrogen) atoms. The minimum Gasteiger partial charge on any atom is -0.481 e. The van der Waals surface area contributed by atoms with E-state index >= 15 is 0 Å². The Morgan fingerprint density at radius 3 is 2.38 bits per heavy atom. The molecule has 1 fully saturated rings. The first kappa shape index (κ1) is 6.28. The Hall–Kier alpha value is 0.160. The number of hydrogen-bond acceptors (Lipinski definition) is 2. The number of carboxylic acids is 1. The van der Waals surface area contributed by atoms with Crippen molar-refractivity contribution in [2.75, 3.05) is 13.1 Å². The molecule has 3 nitrogen and oxygen atoms in total. The van der Waals surface area contributed by atoms with Crippen LogP contribution < -0.4 is 0 Å². The van der Waals surface area contributed by atoms with Crippen molar-refractivity contribution in [3.8, 4) is 0 Å². The molecule has 1 aliphatic heterocycles. The van der Waals surface area contributed by atoms with Gasteiger partial charge in [-0.15, -0.1) is 0 Å². The Morgan fingerprint density at radius 1 is 1.75 bits per heavy atom. The highest BCUT2D eigenvalue weighted by atomic mass is 127. The zero-order chi connectivity index (χ0) is 6.15. The lowest BCUT2D eigenvalue weighted by Gasteiger charge is -2.30. The molecule has 1 heterocycles. The summed E-state index contributed by atoms with van der Waals surface area (Å²) in [5.74, 6) is -0.773. The number of aliphatic carboxylic acids is 1. The summed E-state index contributed by atoms with van der Waals surface area (Å²) in [7, 11) is 0. The van der Waals surface area contributed by atoms with E-state index in [2.05, 4.69) is 22.9 Å². The van der Waals surface area contributed by atoms with Gasteiger partial charge in [0.25, 0.3) is 0 Å². The minimum absolute atomic E-state index is 0.105. The van der Waals surface area contributed by atoms with Crippen LogP contribution >= 0.6 is 22.9 Å². The topological polar surface area (TPSA) is 40.5 Å². The fraction of sp³-hybridized carbons (Fsp3) is 0.750. The molecular formula is C4H6INO2. The number of carboxylic acid groups (broad SMARTS) is 1. The van der Waals surface area contributed by atoms with Gasteiger partial charge in [0.15, 0.2) is 0 Å². The molecule has 0 spiro atoms. The van der Waals surface area contributed by atoms with Gasteiger partial charge < -0.3 is 5.11 Å². The average Bonchev–Trinajstić information content (AvgIpc) is 1.57. The highest BCUT2D eigenvalue weighted by Gasteiger charge is 2.30. The average molecular weight is 227 g/mol. The van der Waals surface area contributed by atoms with E-state index in [4.69, 9.17) is 5.11 Å². The summed E-state index contributed by atoms with van der Waals surface area (Å²) in [5.41, 5.74) is 0. The van der Waals surface area contributed by atoms with E-state index < -0.39 is 5.97 Å². The normalized spacial score (nSPS) is 22.6. The maximum Gasteiger partial charge on any atom is 0.309 e. The van der Waals surface area contributed by atoms with E-state index in [9.17, 15) is 4.79 Å². The number of hydrogen-bond donors (Lipinski definition) is 1. The van der Waals surface area contributed by atoms with Gasteiger partial charge in [0, 0.05) is 36.0 Å². The molecule has 0 aromatic heterocycles. The number of rotatable bonds is 1. The second-order valence-electron chi connectivity index (χ2n) is 1.86. The van der Waals surface area contributed by atoms with Crippen LogP contribution in [0, 0.1) is 5.92 Å². The zero-order valence-electron chi connectivity index (χ0n) is 4.17. The van der Waals surface area contributed by atoms with Gasteiger partial charge in [0.1, 0.15) is 0 Å². The Bertz CT molecular complexity index is 111. The van der Waals surface area contributed by atoms with Gasteiger partial charge in [-0.25, -0.2) is 3.11 Å². The third kappa shape index (κ3) is 1.11. The molecule has 0 aromatic rings. The van der Waals surface area contributed by atoms with E-state index in [1.54, 1.807) is 0 Å². The van der Waals surface area contributed by atoms with Crippen LogP contribution in [-0.2, 0) is 4.79 Å². The first-order valence-electron chi connectivity index (χ1n) is 2.33. The summed E-state index contributed by atoms with van der Waals surface area (Å²) in [6.07, 6.45) is 0. The molecule has 0 amide bonds. The summed E-state index contributed by atoms with van der Waals surface area (Å²) in [6.45, 7) is 1.41. The van der Waals surface area contributed by atoms with E-state index in [-0.39, 0.29) is 5.92 Å². The van der Waals surface area contributed by atoms with E-state index in [1.807, 2.05) is 3.11 Å². The molecule has 0 bridgehead atoms. The zero-order valence-corrected chi connectivity index (χ0v) is 6.33. The third-order valence-corrected chi connectivity index (χ3v) is 1.97. The molecular weight excluding hydrogens is 221 g/mol. The fourth-order valence-corrected chi connectivity index (χ4v) is 1.53. The first-order chi connectivity index (χ1) is 3.70. The molecule has 0 atom stereocenters. The van der Waals surface area contributed by atoms with E-state index in [0.29, 0.717) is 13.1 Å². The van der Waals surface area contributed by atoms with Crippen molar-refractivity contribution >= 4 is 28.8 Å². The number of halogens is 1. The Kier molecular flexibility index (Phi) is 1.71. The van der Waals surface area contributed by atoms with Crippen molar-refractivity contribution in [3.05, 3.63) is 0 Å². The fourth-order valence-electron chi connectivity index (χ4n) is 0.581. The standard InChI is InChI=1S/C4H6INO2/c5-6-1-3(2-6)4(7)8/h3H,1-2H2,(H,7,8). The second kappa shape index (κ2) is 2.18. The molecule has 0 radical (unpaired) electrons. The van der Waals surface area contributed by atoms with Crippen LogP contribution in [0.2, 0.25) is 0 Å². The summed E-state index contributed by atoms with van der Waals surface area (Å²) >= 11 is 2.11. The van der Waals surface area contributed by atoms with Crippen molar-refractivity contribution in [1.82, 2.24) is 3.11 Å². The monoisotopic (exact) mass is 227 g/mol.